The minimum absolute atomic E-state index is 0.172. The van der Waals surface area contributed by atoms with Gasteiger partial charge in [-0.3, -0.25) is 4.68 Å². The normalized spacial score (nSPS) is 15.6. The fourth-order valence-corrected chi connectivity index (χ4v) is 4.51. The number of unbranched alkanes of at least 4 members (excludes halogenated alkanes) is 3. The van der Waals surface area contributed by atoms with Crippen LogP contribution in [0.1, 0.15) is 86.7 Å². The van der Waals surface area contributed by atoms with Gasteiger partial charge in [-0.15, -0.1) is 0 Å². The van der Waals surface area contributed by atoms with Crippen LogP contribution in [0.4, 0.5) is 5.82 Å². The molecule has 2 heterocycles. The van der Waals surface area contributed by atoms with Gasteiger partial charge in [-0.1, -0.05) is 57.7 Å². The molecule has 1 N–H and O–H groups in total. The van der Waals surface area contributed by atoms with E-state index in [9.17, 15) is 4.79 Å². The van der Waals surface area contributed by atoms with Crippen LogP contribution in [0, 0.1) is 13.8 Å². The quantitative estimate of drug-likeness (QED) is 0.400. The number of aryl methyl sites for hydroxylation is 3. The van der Waals surface area contributed by atoms with Crippen molar-refractivity contribution < 1.29 is 9.53 Å². The van der Waals surface area contributed by atoms with E-state index in [1.807, 2.05) is 18.7 Å². The molecule has 0 saturated carbocycles. The largest absolute Gasteiger partial charge is 0.462 e. The highest BCUT2D eigenvalue weighted by molar-refractivity contribution is 5.94. The van der Waals surface area contributed by atoms with Crippen molar-refractivity contribution in [2.75, 3.05) is 11.9 Å². The average molecular weight is 424 g/mol. The van der Waals surface area contributed by atoms with Crippen molar-refractivity contribution in [3.8, 4) is 0 Å². The Morgan fingerprint density at radius 3 is 2.61 bits per heavy atom. The first-order valence-electron chi connectivity index (χ1n) is 11.7. The number of benzene rings is 1. The zero-order valence-electron chi connectivity index (χ0n) is 20.0. The number of carbonyl (C=O) groups is 1. The molecule has 168 valence electrons. The molecule has 1 atom stereocenters. The molecule has 0 fully saturated rings. The summed E-state index contributed by atoms with van der Waals surface area (Å²) < 4.78 is 7.69. The van der Waals surface area contributed by atoms with Gasteiger partial charge in [0.15, 0.2) is 0 Å². The van der Waals surface area contributed by atoms with Crippen molar-refractivity contribution in [3.63, 3.8) is 0 Å². The predicted octanol–water partition coefficient (Wildman–Crippen LogP) is 5.94. The lowest BCUT2D eigenvalue weighted by molar-refractivity contribution is -0.139. The Morgan fingerprint density at radius 1 is 1.13 bits per heavy atom. The number of hydrogen-bond donors (Lipinski definition) is 1. The van der Waals surface area contributed by atoms with Crippen LogP contribution in [0.3, 0.4) is 0 Å². The third kappa shape index (κ3) is 4.70. The monoisotopic (exact) mass is 423 g/mol. The van der Waals surface area contributed by atoms with E-state index >= 15 is 0 Å². The molecule has 1 aromatic carbocycles. The first-order valence-corrected chi connectivity index (χ1v) is 11.7. The number of ether oxygens (including phenoxy) is 1. The number of aromatic nitrogens is 2. The van der Waals surface area contributed by atoms with E-state index in [1.54, 1.807) is 0 Å². The van der Waals surface area contributed by atoms with Gasteiger partial charge in [-0.25, -0.2) is 4.79 Å². The number of allylic oxidation sites excluding steroid dienone is 1. The molecule has 0 amide bonds. The van der Waals surface area contributed by atoms with Gasteiger partial charge < -0.3 is 10.1 Å². The molecular weight excluding hydrogens is 386 g/mol. The van der Waals surface area contributed by atoms with E-state index in [1.165, 1.54) is 24.0 Å². The highest BCUT2D eigenvalue weighted by Gasteiger charge is 2.38. The fourth-order valence-electron chi connectivity index (χ4n) is 4.51. The fraction of sp³-hybridized carbons (Fsp3) is 0.538. The van der Waals surface area contributed by atoms with E-state index in [4.69, 9.17) is 9.84 Å². The predicted molar refractivity (Wildman–Crippen MR) is 126 cm³/mol. The summed E-state index contributed by atoms with van der Waals surface area (Å²) in [7, 11) is 1.97. The van der Waals surface area contributed by atoms with Crippen LogP contribution in [0.5, 0.6) is 0 Å². The van der Waals surface area contributed by atoms with Gasteiger partial charge in [0.1, 0.15) is 5.82 Å². The first-order chi connectivity index (χ1) is 14.9. The Labute approximate surface area is 186 Å². The minimum Gasteiger partial charge on any atom is -0.462 e. The van der Waals surface area contributed by atoms with Gasteiger partial charge in [0.25, 0.3) is 0 Å². The van der Waals surface area contributed by atoms with E-state index in [0.29, 0.717) is 12.2 Å². The summed E-state index contributed by atoms with van der Waals surface area (Å²) in [4.78, 5) is 13.4. The second-order valence-corrected chi connectivity index (χ2v) is 8.66. The summed E-state index contributed by atoms with van der Waals surface area (Å²) in [5.74, 6) is 0.588. The molecule has 1 aliphatic heterocycles. The lowest BCUT2D eigenvalue weighted by atomic mass is 9.78. The maximum Gasteiger partial charge on any atom is 0.336 e. The number of nitrogens with one attached hydrogen (secondary N) is 1. The van der Waals surface area contributed by atoms with Gasteiger partial charge in [0.05, 0.1) is 17.9 Å². The summed E-state index contributed by atoms with van der Waals surface area (Å²) in [5, 5.41) is 8.27. The lowest BCUT2D eigenvalue weighted by Gasteiger charge is -2.30. The SMILES string of the molecule is CCCCCCOC(=O)C1=C(C)Nc2c(c(CCC)nn2C)C1c1cccc(C)c1C. The topological polar surface area (TPSA) is 56.1 Å². The van der Waals surface area contributed by atoms with Crippen molar-refractivity contribution in [2.24, 2.45) is 7.05 Å². The van der Waals surface area contributed by atoms with Crippen LogP contribution in [0.25, 0.3) is 0 Å². The summed E-state index contributed by atoms with van der Waals surface area (Å²) in [5.41, 5.74) is 7.33. The molecular formula is C26H37N3O2. The Kier molecular flexibility index (Phi) is 7.58. The van der Waals surface area contributed by atoms with Crippen molar-refractivity contribution >= 4 is 11.8 Å². The van der Waals surface area contributed by atoms with Crippen molar-refractivity contribution in [1.29, 1.82) is 0 Å². The highest BCUT2D eigenvalue weighted by Crippen LogP contribution is 2.45. The summed E-state index contributed by atoms with van der Waals surface area (Å²) in [6, 6.07) is 6.35. The highest BCUT2D eigenvalue weighted by atomic mass is 16.5. The van der Waals surface area contributed by atoms with Crippen LogP contribution in [-0.4, -0.2) is 22.4 Å². The maximum atomic E-state index is 13.4. The van der Waals surface area contributed by atoms with Crippen molar-refractivity contribution in [3.05, 3.63) is 57.4 Å². The first kappa shape index (κ1) is 23.1. The smallest absolute Gasteiger partial charge is 0.336 e. The summed E-state index contributed by atoms with van der Waals surface area (Å²) in [6.07, 6.45) is 6.22. The lowest BCUT2D eigenvalue weighted by Crippen LogP contribution is -2.26. The molecule has 2 aromatic rings. The number of anilines is 1. The molecule has 0 spiro atoms. The Morgan fingerprint density at radius 2 is 1.90 bits per heavy atom. The molecule has 1 aliphatic rings. The number of fused-ring (bicyclic) bond motifs is 1. The molecule has 5 nitrogen and oxygen atoms in total. The van der Waals surface area contributed by atoms with Crippen LogP contribution < -0.4 is 5.32 Å². The molecule has 0 aliphatic carbocycles. The molecule has 5 heteroatoms. The number of rotatable bonds is 9. The van der Waals surface area contributed by atoms with E-state index in [2.05, 4.69) is 51.2 Å². The molecule has 1 aromatic heterocycles. The van der Waals surface area contributed by atoms with E-state index in [-0.39, 0.29) is 11.9 Å². The number of hydrogen-bond acceptors (Lipinski definition) is 4. The molecule has 0 bridgehead atoms. The molecule has 3 rings (SSSR count). The van der Waals surface area contributed by atoms with Crippen molar-refractivity contribution in [2.45, 2.75) is 79.1 Å². The molecule has 0 radical (unpaired) electrons. The molecule has 1 unspecified atom stereocenters. The van der Waals surface area contributed by atoms with Gasteiger partial charge >= 0.3 is 5.97 Å². The number of nitrogens with zero attached hydrogens (tertiary/aromatic N) is 2. The second-order valence-electron chi connectivity index (χ2n) is 8.66. The standard InChI is InChI=1S/C26H37N3O2/c1-7-9-10-11-16-31-26(30)22-19(5)27-25-24(21(13-8-2)28-29(25)6)23(22)20-15-12-14-17(3)18(20)4/h12,14-15,23,27H,7-11,13,16H2,1-6H3. The van der Waals surface area contributed by atoms with Gasteiger partial charge in [0, 0.05) is 24.2 Å². The third-order valence-electron chi connectivity index (χ3n) is 6.34. The van der Waals surface area contributed by atoms with Crippen LogP contribution >= 0.6 is 0 Å². The van der Waals surface area contributed by atoms with Crippen LogP contribution in [-0.2, 0) is 23.0 Å². The van der Waals surface area contributed by atoms with Gasteiger partial charge in [0.2, 0.25) is 0 Å². The Balaban J connectivity index is 2.06. The van der Waals surface area contributed by atoms with Gasteiger partial charge in [-0.05, 0) is 50.3 Å². The average Bonchev–Trinajstić information content (AvgIpc) is 3.04. The number of carbonyl (C=O) groups excluding carboxylic acids is 1. The summed E-state index contributed by atoms with van der Waals surface area (Å²) >= 11 is 0. The summed E-state index contributed by atoms with van der Waals surface area (Å²) in [6.45, 7) is 11.1. The van der Waals surface area contributed by atoms with Crippen molar-refractivity contribution in [1.82, 2.24) is 9.78 Å². The molecule has 31 heavy (non-hydrogen) atoms. The Bertz CT molecular complexity index is 971. The van der Waals surface area contributed by atoms with Crippen LogP contribution in [0.2, 0.25) is 0 Å². The maximum absolute atomic E-state index is 13.4. The minimum atomic E-state index is -0.218. The second kappa shape index (κ2) is 10.2. The Hall–Kier alpha value is -2.56. The van der Waals surface area contributed by atoms with E-state index in [0.717, 1.165) is 54.0 Å². The van der Waals surface area contributed by atoms with E-state index < -0.39 is 0 Å². The zero-order valence-corrected chi connectivity index (χ0v) is 20.0. The number of esters is 1. The third-order valence-corrected chi connectivity index (χ3v) is 6.34. The molecule has 0 saturated heterocycles. The zero-order chi connectivity index (χ0) is 22.5. The van der Waals surface area contributed by atoms with Crippen LogP contribution in [0.15, 0.2) is 29.5 Å². The van der Waals surface area contributed by atoms with Gasteiger partial charge in [-0.2, -0.15) is 5.10 Å².